The smallest absolute Gasteiger partial charge is 0.481 e. The minimum atomic E-state index is -4.72. The number of aliphatic carboxylic acids is 1. The van der Waals surface area contributed by atoms with Gasteiger partial charge in [0.1, 0.15) is 5.75 Å². The minimum absolute atomic E-state index is 0.322. The number of carboxylic acid groups (broad SMARTS) is 1. The van der Waals surface area contributed by atoms with Crippen molar-refractivity contribution in [2.75, 3.05) is 5.32 Å². The first-order chi connectivity index (χ1) is 8.69. The van der Waals surface area contributed by atoms with E-state index in [0.29, 0.717) is 5.69 Å². The molecule has 1 rings (SSSR count). The molecule has 2 N–H and O–H groups in total. The molecule has 19 heavy (non-hydrogen) atoms. The van der Waals surface area contributed by atoms with Crippen molar-refractivity contribution in [1.82, 2.24) is 0 Å². The van der Waals surface area contributed by atoms with Crippen molar-refractivity contribution in [3.63, 3.8) is 0 Å². The number of halogens is 3. The second-order valence-electron chi connectivity index (χ2n) is 4.13. The second-order valence-corrected chi connectivity index (χ2v) is 4.13. The van der Waals surface area contributed by atoms with E-state index < -0.39 is 18.2 Å². The summed E-state index contributed by atoms with van der Waals surface area (Å²) < 4.78 is 39.6. The highest BCUT2D eigenvalue weighted by Crippen LogP contribution is 2.24. The van der Waals surface area contributed by atoms with Crippen LogP contribution in [0.15, 0.2) is 24.3 Å². The Morgan fingerprint density at radius 2 is 1.79 bits per heavy atom. The zero-order valence-electron chi connectivity index (χ0n) is 10.4. The maximum atomic E-state index is 11.9. The van der Waals surface area contributed by atoms with Crippen molar-refractivity contribution >= 4 is 11.7 Å². The van der Waals surface area contributed by atoms with Crippen LogP contribution in [-0.4, -0.2) is 23.5 Å². The summed E-state index contributed by atoms with van der Waals surface area (Å²) in [5, 5.41) is 11.7. The third kappa shape index (κ3) is 5.07. The van der Waals surface area contributed by atoms with E-state index >= 15 is 0 Å². The van der Waals surface area contributed by atoms with Gasteiger partial charge in [-0.05, 0) is 38.1 Å². The topological polar surface area (TPSA) is 58.6 Å². The molecule has 0 aliphatic heterocycles. The molecule has 1 aromatic rings. The molecule has 2 unspecified atom stereocenters. The number of hydrogen-bond donors (Lipinski definition) is 2. The van der Waals surface area contributed by atoms with Crippen molar-refractivity contribution in [3.05, 3.63) is 24.3 Å². The summed E-state index contributed by atoms with van der Waals surface area (Å²) in [6.07, 6.45) is -4.72. The van der Waals surface area contributed by atoms with Crippen LogP contribution in [0, 0.1) is 5.92 Å². The molecule has 0 amide bonds. The number of ether oxygens (including phenoxy) is 1. The molecule has 0 fully saturated rings. The molecule has 0 saturated heterocycles. The second kappa shape index (κ2) is 5.81. The molecule has 0 saturated carbocycles. The molecule has 2 atom stereocenters. The van der Waals surface area contributed by atoms with Crippen molar-refractivity contribution < 1.29 is 27.8 Å². The first-order valence-electron chi connectivity index (χ1n) is 5.54. The van der Waals surface area contributed by atoms with E-state index in [0.717, 1.165) is 12.1 Å². The van der Waals surface area contributed by atoms with Gasteiger partial charge in [-0.25, -0.2) is 0 Å². The Bertz CT molecular complexity index is 431. The van der Waals surface area contributed by atoms with Crippen LogP contribution < -0.4 is 10.1 Å². The predicted octanol–water partition coefficient (Wildman–Crippen LogP) is 3.11. The predicted molar refractivity (Wildman–Crippen MR) is 63.0 cm³/mol. The Balaban J connectivity index is 2.64. The Morgan fingerprint density at radius 1 is 1.26 bits per heavy atom. The highest BCUT2D eigenvalue weighted by Gasteiger charge is 2.31. The lowest BCUT2D eigenvalue weighted by molar-refractivity contribution is -0.274. The molecule has 0 aliphatic carbocycles. The molecule has 4 nitrogen and oxygen atoms in total. The lowest BCUT2D eigenvalue weighted by Gasteiger charge is -2.19. The van der Waals surface area contributed by atoms with Gasteiger partial charge in [0.15, 0.2) is 0 Å². The van der Waals surface area contributed by atoms with E-state index in [2.05, 4.69) is 10.1 Å². The van der Waals surface area contributed by atoms with Crippen LogP contribution in [0.25, 0.3) is 0 Å². The Kier molecular flexibility index (Phi) is 4.63. The summed E-state index contributed by atoms with van der Waals surface area (Å²) in [6.45, 7) is 3.22. The molecule has 0 radical (unpaired) electrons. The largest absolute Gasteiger partial charge is 0.573 e. The molecule has 0 aliphatic rings. The highest BCUT2D eigenvalue weighted by atomic mass is 19.4. The fourth-order valence-corrected chi connectivity index (χ4v) is 1.35. The van der Waals surface area contributed by atoms with Gasteiger partial charge in [-0.1, -0.05) is 0 Å². The van der Waals surface area contributed by atoms with Crippen molar-refractivity contribution in [2.24, 2.45) is 5.92 Å². The number of carboxylic acids is 1. The monoisotopic (exact) mass is 277 g/mol. The lowest BCUT2D eigenvalue weighted by Crippen LogP contribution is -2.29. The summed E-state index contributed by atoms with van der Waals surface area (Å²) in [5.41, 5.74) is 0.523. The van der Waals surface area contributed by atoms with E-state index in [1.807, 2.05) is 0 Å². The molecule has 0 spiro atoms. The van der Waals surface area contributed by atoms with Crippen LogP contribution in [0.2, 0.25) is 0 Å². The van der Waals surface area contributed by atoms with Crippen LogP contribution >= 0.6 is 0 Å². The average Bonchev–Trinajstić information content (AvgIpc) is 2.28. The summed E-state index contributed by atoms with van der Waals surface area (Å²) in [4.78, 5) is 10.8. The van der Waals surface area contributed by atoms with Gasteiger partial charge in [-0.2, -0.15) is 0 Å². The maximum absolute atomic E-state index is 11.9. The number of hydrogen-bond acceptors (Lipinski definition) is 3. The number of anilines is 1. The fourth-order valence-electron chi connectivity index (χ4n) is 1.35. The van der Waals surface area contributed by atoms with E-state index in [-0.39, 0.29) is 11.8 Å². The van der Waals surface area contributed by atoms with E-state index in [1.54, 1.807) is 13.8 Å². The molecule has 0 bridgehead atoms. The van der Waals surface area contributed by atoms with E-state index in [1.165, 1.54) is 12.1 Å². The van der Waals surface area contributed by atoms with Gasteiger partial charge >= 0.3 is 12.3 Å². The van der Waals surface area contributed by atoms with Crippen molar-refractivity contribution in [1.29, 1.82) is 0 Å². The quantitative estimate of drug-likeness (QED) is 0.868. The molecular weight excluding hydrogens is 263 g/mol. The van der Waals surface area contributed by atoms with E-state index in [4.69, 9.17) is 5.11 Å². The molecule has 1 aromatic carbocycles. The van der Waals surface area contributed by atoms with E-state index in [9.17, 15) is 18.0 Å². The summed E-state index contributed by atoms with van der Waals surface area (Å²) in [6, 6.07) is 4.76. The van der Waals surface area contributed by atoms with Crippen LogP contribution in [0.1, 0.15) is 13.8 Å². The summed E-state index contributed by atoms with van der Waals surface area (Å²) in [5.74, 6) is -1.89. The molecule has 0 aromatic heterocycles. The maximum Gasteiger partial charge on any atom is 0.573 e. The third-order valence-corrected chi connectivity index (χ3v) is 2.62. The third-order valence-electron chi connectivity index (χ3n) is 2.62. The molecule has 0 heterocycles. The van der Waals surface area contributed by atoms with Gasteiger partial charge in [-0.3, -0.25) is 4.79 Å². The Hall–Kier alpha value is -1.92. The number of alkyl halides is 3. The minimum Gasteiger partial charge on any atom is -0.481 e. The number of rotatable bonds is 5. The normalized spacial score (nSPS) is 14.6. The zero-order chi connectivity index (χ0) is 14.6. The van der Waals surface area contributed by atoms with Gasteiger partial charge in [0.2, 0.25) is 0 Å². The van der Waals surface area contributed by atoms with Crippen LogP contribution in [0.3, 0.4) is 0 Å². The average molecular weight is 277 g/mol. The first-order valence-corrected chi connectivity index (χ1v) is 5.54. The Labute approximate surface area is 108 Å². The molecule has 7 heteroatoms. The van der Waals surface area contributed by atoms with Gasteiger partial charge < -0.3 is 15.2 Å². The van der Waals surface area contributed by atoms with Crippen LogP contribution in [0.4, 0.5) is 18.9 Å². The van der Waals surface area contributed by atoms with Crippen LogP contribution in [-0.2, 0) is 4.79 Å². The van der Waals surface area contributed by atoms with Gasteiger partial charge in [0, 0.05) is 11.7 Å². The van der Waals surface area contributed by atoms with Gasteiger partial charge in [0.25, 0.3) is 0 Å². The standard InChI is InChI=1S/C12H14F3NO3/c1-7(11(17)18)8(2)16-9-3-5-10(6-4-9)19-12(13,14)15/h3-8,16H,1-2H3,(H,17,18). The van der Waals surface area contributed by atoms with Gasteiger partial charge in [0.05, 0.1) is 5.92 Å². The number of benzene rings is 1. The fraction of sp³-hybridized carbons (Fsp3) is 0.417. The summed E-state index contributed by atoms with van der Waals surface area (Å²) in [7, 11) is 0. The molecular formula is C12H14F3NO3. The Morgan fingerprint density at radius 3 is 2.21 bits per heavy atom. The van der Waals surface area contributed by atoms with Gasteiger partial charge in [-0.15, -0.1) is 13.2 Å². The summed E-state index contributed by atoms with van der Waals surface area (Å²) >= 11 is 0. The number of carbonyl (C=O) groups is 1. The zero-order valence-corrected chi connectivity index (χ0v) is 10.4. The van der Waals surface area contributed by atoms with Crippen molar-refractivity contribution in [3.8, 4) is 5.75 Å². The first kappa shape index (κ1) is 15.1. The molecule has 106 valence electrons. The SMILES string of the molecule is CC(Nc1ccc(OC(F)(F)F)cc1)C(C)C(=O)O. The highest BCUT2D eigenvalue weighted by molar-refractivity contribution is 5.71. The van der Waals surface area contributed by atoms with Crippen molar-refractivity contribution in [2.45, 2.75) is 26.3 Å². The number of nitrogens with one attached hydrogen (secondary N) is 1. The van der Waals surface area contributed by atoms with Crippen LogP contribution in [0.5, 0.6) is 5.75 Å². The lowest BCUT2D eigenvalue weighted by atomic mass is 10.0.